The van der Waals surface area contributed by atoms with Crippen molar-refractivity contribution >= 4 is 17.3 Å². The van der Waals surface area contributed by atoms with E-state index in [-0.39, 0.29) is 5.69 Å². The van der Waals surface area contributed by atoms with Crippen LogP contribution in [0.15, 0.2) is 22.7 Å². The van der Waals surface area contributed by atoms with Gasteiger partial charge in [-0.3, -0.25) is 0 Å². The fraction of sp³-hybridized carbons (Fsp3) is 0.273. The van der Waals surface area contributed by atoms with Crippen LogP contribution in [0.4, 0.5) is 0 Å². The summed E-state index contributed by atoms with van der Waals surface area (Å²) in [5.41, 5.74) is -0.0613. The minimum absolute atomic E-state index is 0.0613. The van der Waals surface area contributed by atoms with Crippen molar-refractivity contribution in [2.24, 2.45) is 0 Å². The lowest BCUT2D eigenvalue weighted by Crippen LogP contribution is -2.11. The molecule has 2 N–H and O–H groups in total. The number of carboxylic acids is 1. The number of carboxylic acid groups (broad SMARTS) is 1. The van der Waals surface area contributed by atoms with Crippen LogP contribution >= 0.6 is 11.3 Å². The van der Waals surface area contributed by atoms with Gasteiger partial charge in [-0.1, -0.05) is 5.16 Å². The second-order valence-corrected chi connectivity index (χ2v) is 4.97. The van der Waals surface area contributed by atoms with Gasteiger partial charge in [0.2, 0.25) is 0 Å². The second kappa shape index (κ2) is 5.11. The van der Waals surface area contributed by atoms with Crippen LogP contribution in [0.3, 0.4) is 0 Å². The van der Waals surface area contributed by atoms with Crippen LogP contribution in [0.5, 0.6) is 0 Å². The molecular weight excluding hydrogens is 240 g/mol. The Labute approximate surface area is 102 Å². The summed E-state index contributed by atoms with van der Waals surface area (Å²) in [6.45, 7) is 3.27. The zero-order valence-corrected chi connectivity index (χ0v) is 10.1. The smallest absolute Gasteiger partial charge is 0.358 e. The number of aryl methyl sites for hydroxylation is 1. The van der Waals surface area contributed by atoms with Crippen molar-refractivity contribution in [2.75, 3.05) is 0 Å². The van der Waals surface area contributed by atoms with Gasteiger partial charge in [-0.15, -0.1) is 11.3 Å². The molecule has 0 spiro atoms. The highest BCUT2D eigenvalue weighted by molar-refractivity contribution is 7.11. The van der Waals surface area contributed by atoms with Crippen molar-refractivity contribution in [3.05, 3.63) is 39.4 Å². The van der Waals surface area contributed by atoms with Gasteiger partial charge in [0.15, 0.2) is 11.5 Å². The molecule has 0 atom stereocenters. The third kappa shape index (κ3) is 3.15. The molecule has 0 fully saturated rings. The molecule has 2 aromatic heterocycles. The fourth-order valence-electron chi connectivity index (χ4n) is 1.39. The molecule has 0 aliphatic heterocycles. The van der Waals surface area contributed by atoms with E-state index in [1.165, 1.54) is 15.8 Å². The molecule has 0 bridgehead atoms. The molecule has 0 aromatic carbocycles. The highest BCUT2D eigenvalue weighted by Gasteiger charge is 2.10. The Bertz CT molecular complexity index is 518. The predicted octanol–water partition coefficient (Wildman–Crippen LogP) is 2.03. The highest BCUT2D eigenvalue weighted by atomic mass is 32.1. The van der Waals surface area contributed by atoms with Crippen molar-refractivity contribution in [1.82, 2.24) is 10.5 Å². The molecule has 0 saturated carbocycles. The number of aromatic nitrogens is 1. The van der Waals surface area contributed by atoms with Crippen molar-refractivity contribution in [2.45, 2.75) is 20.0 Å². The van der Waals surface area contributed by atoms with Crippen LogP contribution in [-0.2, 0) is 13.1 Å². The Hall–Kier alpha value is -1.66. The van der Waals surface area contributed by atoms with Gasteiger partial charge in [0.25, 0.3) is 0 Å². The fourth-order valence-corrected chi connectivity index (χ4v) is 2.25. The molecule has 2 heterocycles. The Morgan fingerprint density at radius 1 is 1.53 bits per heavy atom. The van der Waals surface area contributed by atoms with Crippen LogP contribution in [0.25, 0.3) is 0 Å². The van der Waals surface area contributed by atoms with Crippen LogP contribution in [0.1, 0.15) is 26.0 Å². The van der Waals surface area contributed by atoms with Crippen molar-refractivity contribution in [1.29, 1.82) is 0 Å². The van der Waals surface area contributed by atoms with E-state index in [1.807, 2.05) is 0 Å². The Morgan fingerprint density at radius 2 is 2.35 bits per heavy atom. The molecule has 5 nitrogen and oxygen atoms in total. The van der Waals surface area contributed by atoms with E-state index < -0.39 is 5.97 Å². The largest absolute Gasteiger partial charge is 0.476 e. The number of rotatable bonds is 5. The Balaban J connectivity index is 1.83. The summed E-state index contributed by atoms with van der Waals surface area (Å²) < 4.78 is 4.88. The minimum atomic E-state index is -1.08. The number of carbonyl (C=O) groups is 1. The molecule has 0 amide bonds. The molecule has 0 radical (unpaired) electrons. The van der Waals surface area contributed by atoms with E-state index in [4.69, 9.17) is 9.63 Å². The van der Waals surface area contributed by atoms with Crippen molar-refractivity contribution < 1.29 is 14.4 Å². The summed E-state index contributed by atoms with van der Waals surface area (Å²) in [7, 11) is 0. The SMILES string of the molecule is Cc1ccc(CNCc2cc(C(=O)O)no2)s1. The van der Waals surface area contributed by atoms with Gasteiger partial charge in [-0.2, -0.15) is 0 Å². The minimum Gasteiger partial charge on any atom is -0.476 e. The number of hydrogen-bond acceptors (Lipinski definition) is 5. The van der Waals surface area contributed by atoms with Gasteiger partial charge in [-0.25, -0.2) is 4.79 Å². The van der Waals surface area contributed by atoms with Gasteiger partial charge in [0, 0.05) is 22.4 Å². The molecule has 2 aromatic rings. The predicted molar refractivity (Wildman–Crippen MR) is 63.1 cm³/mol. The van der Waals surface area contributed by atoms with Gasteiger partial charge in [-0.05, 0) is 19.1 Å². The first-order valence-corrected chi connectivity index (χ1v) is 5.92. The maximum Gasteiger partial charge on any atom is 0.358 e. The Kier molecular flexibility index (Phi) is 3.55. The maximum atomic E-state index is 10.6. The zero-order valence-electron chi connectivity index (χ0n) is 9.27. The highest BCUT2D eigenvalue weighted by Crippen LogP contribution is 2.14. The summed E-state index contributed by atoms with van der Waals surface area (Å²) in [5, 5.41) is 15.3. The van der Waals surface area contributed by atoms with Gasteiger partial charge in [0.1, 0.15) is 0 Å². The van der Waals surface area contributed by atoms with E-state index in [0.717, 1.165) is 6.54 Å². The van der Waals surface area contributed by atoms with Gasteiger partial charge in [0.05, 0.1) is 6.54 Å². The van der Waals surface area contributed by atoms with Crippen LogP contribution < -0.4 is 5.32 Å². The monoisotopic (exact) mass is 252 g/mol. The van der Waals surface area contributed by atoms with Crippen LogP contribution in [0.2, 0.25) is 0 Å². The second-order valence-electron chi connectivity index (χ2n) is 3.60. The molecule has 90 valence electrons. The molecular formula is C11H12N2O3S. The summed E-state index contributed by atoms with van der Waals surface area (Å²) in [6.07, 6.45) is 0. The first-order valence-electron chi connectivity index (χ1n) is 5.10. The van der Waals surface area contributed by atoms with Gasteiger partial charge >= 0.3 is 5.97 Å². The van der Waals surface area contributed by atoms with E-state index in [1.54, 1.807) is 11.3 Å². The normalized spacial score (nSPS) is 10.6. The van der Waals surface area contributed by atoms with E-state index >= 15 is 0 Å². The number of nitrogens with one attached hydrogen (secondary N) is 1. The van der Waals surface area contributed by atoms with E-state index in [9.17, 15) is 4.79 Å². The first kappa shape index (κ1) is 11.8. The third-order valence-electron chi connectivity index (χ3n) is 2.17. The number of nitrogens with zero attached hydrogens (tertiary/aromatic N) is 1. The van der Waals surface area contributed by atoms with Crippen molar-refractivity contribution in [3.8, 4) is 0 Å². The molecule has 0 aliphatic rings. The molecule has 0 aliphatic carbocycles. The third-order valence-corrected chi connectivity index (χ3v) is 3.17. The number of thiophene rings is 1. The average Bonchev–Trinajstić information content (AvgIpc) is 2.88. The molecule has 6 heteroatoms. The zero-order chi connectivity index (χ0) is 12.3. The van der Waals surface area contributed by atoms with E-state index in [2.05, 4.69) is 29.5 Å². The number of hydrogen-bond donors (Lipinski definition) is 2. The summed E-state index contributed by atoms with van der Waals surface area (Å²) in [4.78, 5) is 13.1. The van der Waals surface area contributed by atoms with Crippen LogP contribution in [-0.4, -0.2) is 16.2 Å². The molecule has 0 saturated heterocycles. The topological polar surface area (TPSA) is 75.4 Å². The number of aromatic carboxylic acids is 1. The molecule has 0 unspecified atom stereocenters. The quantitative estimate of drug-likeness (QED) is 0.851. The lowest BCUT2D eigenvalue weighted by molar-refractivity contribution is 0.0685. The molecule has 2 rings (SSSR count). The van der Waals surface area contributed by atoms with E-state index in [0.29, 0.717) is 12.3 Å². The molecule has 17 heavy (non-hydrogen) atoms. The van der Waals surface area contributed by atoms with Gasteiger partial charge < -0.3 is 14.9 Å². The first-order chi connectivity index (χ1) is 8.15. The lowest BCUT2D eigenvalue weighted by Gasteiger charge is -1.98. The lowest BCUT2D eigenvalue weighted by atomic mass is 10.3. The van der Waals surface area contributed by atoms with Crippen molar-refractivity contribution in [3.63, 3.8) is 0 Å². The summed E-state index contributed by atoms with van der Waals surface area (Å²) in [5.74, 6) is -0.551. The average molecular weight is 252 g/mol. The summed E-state index contributed by atoms with van der Waals surface area (Å²) in [6, 6.07) is 5.56. The van der Waals surface area contributed by atoms with Crippen LogP contribution in [0, 0.1) is 6.92 Å². The standard InChI is InChI=1S/C11H12N2O3S/c1-7-2-3-9(17-7)6-12-5-8-4-10(11(14)15)13-16-8/h2-4,12H,5-6H2,1H3,(H,14,15). The maximum absolute atomic E-state index is 10.6. The Morgan fingerprint density at radius 3 is 2.94 bits per heavy atom. The summed E-state index contributed by atoms with van der Waals surface area (Å²) >= 11 is 1.73.